The Morgan fingerprint density at radius 1 is 1.58 bits per heavy atom. The third-order valence-electron chi connectivity index (χ3n) is 1.44. The predicted molar refractivity (Wildman–Crippen MR) is 45.4 cm³/mol. The van der Waals surface area contributed by atoms with Gasteiger partial charge in [0.05, 0.1) is 6.61 Å². The molecule has 3 nitrogen and oxygen atoms in total. The van der Waals surface area contributed by atoms with Gasteiger partial charge in [-0.25, -0.2) is 4.98 Å². The number of nitrogens with zero attached hydrogens (tertiary/aromatic N) is 1. The molecule has 0 fully saturated rings. The van der Waals surface area contributed by atoms with E-state index in [-0.39, 0.29) is 5.78 Å². The second-order valence-corrected chi connectivity index (χ2v) is 2.37. The van der Waals surface area contributed by atoms with Crippen LogP contribution in [0.4, 0.5) is 0 Å². The van der Waals surface area contributed by atoms with Crippen molar-refractivity contribution in [1.82, 2.24) is 4.98 Å². The zero-order valence-electron chi connectivity index (χ0n) is 7.20. The van der Waals surface area contributed by atoms with Crippen LogP contribution < -0.4 is 4.74 Å². The van der Waals surface area contributed by atoms with Gasteiger partial charge in [-0.05, 0) is 19.9 Å². The minimum Gasteiger partial charge on any atom is -0.478 e. The van der Waals surface area contributed by atoms with E-state index < -0.39 is 0 Å². The zero-order chi connectivity index (χ0) is 8.97. The lowest BCUT2D eigenvalue weighted by atomic mass is 10.2. The summed E-state index contributed by atoms with van der Waals surface area (Å²) >= 11 is 0. The average Bonchev–Trinajstić information content (AvgIpc) is 2.06. The summed E-state index contributed by atoms with van der Waals surface area (Å²) in [6.07, 6.45) is 1.52. The van der Waals surface area contributed by atoms with E-state index >= 15 is 0 Å². The summed E-state index contributed by atoms with van der Waals surface area (Å²) in [7, 11) is 0. The Labute approximate surface area is 71.4 Å². The lowest BCUT2D eigenvalue weighted by Crippen LogP contribution is -1.97. The number of carbonyl (C=O) groups excluding carboxylic acids is 1. The molecule has 0 unspecified atom stereocenters. The quantitative estimate of drug-likeness (QED) is 0.640. The second-order valence-electron chi connectivity index (χ2n) is 2.37. The van der Waals surface area contributed by atoms with E-state index in [1.807, 2.05) is 6.92 Å². The standard InChI is InChI=1S/C9H11NO2/c1-3-12-9-5-4-8(6-10-9)7(2)11/h4-6H,3H2,1-2H3. The van der Waals surface area contributed by atoms with Crippen molar-refractivity contribution in [2.24, 2.45) is 0 Å². The Bertz CT molecular complexity index is 266. The molecule has 0 aliphatic carbocycles. The fourth-order valence-corrected chi connectivity index (χ4v) is 0.822. The fraction of sp³-hybridized carbons (Fsp3) is 0.333. The Kier molecular flexibility index (Phi) is 2.80. The van der Waals surface area contributed by atoms with Crippen LogP contribution in [0.2, 0.25) is 0 Å². The highest BCUT2D eigenvalue weighted by molar-refractivity contribution is 5.93. The summed E-state index contributed by atoms with van der Waals surface area (Å²) in [5, 5.41) is 0. The van der Waals surface area contributed by atoms with Crippen molar-refractivity contribution in [3.05, 3.63) is 23.9 Å². The molecule has 0 aromatic carbocycles. The highest BCUT2D eigenvalue weighted by Crippen LogP contribution is 2.07. The van der Waals surface area contributed by atoms with E-state index in [2.05, 4.69) is 4.98 Å². The Morgan fingerprint density at radius 2 is 2.33 bits per heavy atom. The first-order valence-electron chi connectivity index (χ1n) is 3.84. The molecule has 0 N–H and O–H groups in total. The van der Waals surface area contributed by atoms with Gasteiger partial charge in [0.2, 0.25) is 5.88 Å². The molecule has 0 aliphatic rings. The van der Waals surface area contributed by atoms with Crippen molar-refractivity contribution in [1.29, 1.82) is 0 Å². The summed E-state index contributed by atoms with van der Waals surface area (Å²) in [5.74, 6) is 0.577. The maximum atomic E-state index is 10.8. The smallest absolute Gasteiger partial charge is 0.213 e. The van der Waals surface area contributed by atoms with Crippen LogP contribution in [0.3, 0.4) is 0 Å². The minimum atomic E-state index is 0.0190. The van der Waals surface area contributed by atoms with Crippen molar-refractivity contribution in [3.8, 4) is 5.88 Å². The van der Waals surface area contributed by atoms with Gasteiger partial charge in [-0.2, -0.15) is 0 Å². The molecule has 0 amide bonds. The van der Waals surface area contributed by atoms with E-state index in [0.29, 0.717) is 18.1 Å². The monoisotopic (exact) mass is 165 g/mol. The topological polar surface area (TPSA) is 39.2 Å². The largest absolute Gasteiger partial charge is 0.478 e. The molecule has 3 heteroatoms. The van der Waals surface area contributed by atoms with Crippen LogP contribution >= 0.6 is 0 Å². The number of carbonyl (C=O) groups is 1. The van der Waals surface area contributed by atoms with Gasteiger partial charge in [-0.15, -0.1) is 0 Å². The van der Waals surface area contributed by atoms with Crippen LogP contribution in [0.25, 0.3) is 0 Å². The van der Waals surface area contributed by atoms with E-state index in [0.717, 1.165) is 0 Å². The SMILES string of the molecule is CCOc1ccc(C(C)=O)cn1. The third-order valence-corrected chi connectivity index (χ3v) is 1.44. The summed E-state index contributed by atoms with van der Waals surface area (Å²) < 4.78 is 5.12. The van der Waals surface area contributed by atoms with Gasteiger partial charge in [0.15, 0.2) is 5.78 Å². The number of pyridine rings is 1. The molecule has 0 radical (unpaired) electrons. The van der Waals surface area contributed by atoms with Gasteiger partial charge in [0.1, 0.15) is 0 Å². The number of ketones is 1. The number of Topliss-reactive ketones (excluding diaryl/α,β-unsaturated/α-hetero) is 1. The van der Waals surface area contributed by atoms with Gasteiger partial charge >= 0.3 is 0 Å². The molecule has 0 saturated carbocycles. The minimum absolute atomic E-state index is 0.0190. The lowest BCUT2D eigenvalue weighted by Gasteiger charge is -2.00. The van der Waals surface area contributed by atoms with Crippen LogP contribution in [-0.2, 0) is 0 Å². The third kappa shape index (κ3) is 2.05. The number of ether oxygens (including phenoxy) is 1. The number of hydrogen-bond donors (Lipinski definition) is 0. The van der Waals surface area contributed by atoms with Crippen molar-refractivity contribution in [3.63, 3.8) is 0 Å². The summed E-state index contributed by atoms with van der Waals surface area (Å²) in [6.45, 7) is 3.99. The Hall–Kier alpha value is -1.38. The molecular weight excluding hydrogens is 154 g/mol. The number of aromatic nitrogens is 1. The highest BCUT2D eigenvalue weighted by Gasteiger charge is 1.99. The zero-order valence-corrected chi connectivity index (χ0v) is 7.20. The molecule has 1 aromatic heterocycles. The maximum absolute atomic E-state index is 10.8. The predicted octanol–water partition coefficient (Wildman–Crippen LogP) is 1.68. The maximum Gasteiger partial charge on any atom is 0.213 e. The first-order chi connectivity index (χ1) is 5.74. The number of hydrogen-bond acceptors (Lipinski definition) is 3. The summed E-state index contributed by atoms with van der Waals surface area (Å²) in [4.78, 5) is 14.8. The van der Waals surface area contributed by atoms with Crippen LogP contribution in [-0.4, -0.2) is 17.4 Å². The van der Waals surface area contributed by atoms with Gasteiger partial charge in [-0.3, -0.25) is 4.79 Å². The van der Waals surface area contributed by atoms with E-state index in [4.69, 9.17) is 4.74 Å². The first kappa shape index (κ1) is 8.71. The van der Waals surface area contributed by atoms with Gasteiger partial charge in [0.25, 0.3) is 0 Å². The van der Waals surface area contributed by atoms with E-state index in [1.165, 1.54) is 13.1 Å². The molecular formula is C9H11NO2. The van der Waals surface area contributed by atoms with Crippen molar-refractivity contribution >= 4 is 5.78 Å². The highest BCUT2D eigenvalue weighted by atomic mass is 16.5. The van der Waals surface area contributed by atoms with Crippen LogP contribution in [0.5, 0.6) is 5.88 Å². The normalized spacial score (nSPS) is 9.50. The van der Waals surface area contributed by atoms with Crippen molar-refractivity contribution < 1.29 is 9.53 Å². The van der Waals surface area contributed by atoms with Gasteiger partial charge < -0.3 is 4.74 Å². The van der Waals surface area contributed by atoms with Crippen LogP contribution in [0, 0.1) is 0 Å². The van der Waals surface area contributed by atoms with E-state index in [1.54, 1.807) is 12.1 Å². The molecule has 64 valence electrons. The summed E-state index contributed by atoms with van der Waals surface area (Å²) in [6, 6.07) is 3.40. The molecule has 0 bridgehead atoms. The fourth-order valence-electron chi connectivity index (χ4n) is 0.822. The van der Waals surface area contributed by atoms with Crippen LogP contribution in [0.1, 0.15) is 24.2 Å². The average molecular weight is 165 g/mol. The molecule has 1 heterocycles. The molecule has 0 atom stereocenters. The Morgan fingerprint density at radius 3 is 2.75 bits per heavy atom. The van der Waals surface area contributed by atoms with Crippen LogP contribution in [0.15, 0.2) is 18.3 Å². The molecule has 0 spiro atoms. The lowest BCUT2D eigenvalue weighted by molar-refractivity contribution is 0.101. The molecule has 0 aliphatic heterocycles. The van der Waals surface area contributed by atoms with Crippen molar-refractivity contribution in [2.45, 2.75) is 13.8 Å². The second kappa shape index (κ2) is 3.85. The Balaban J connectivity index is 2.78. The van der Waals surface area contributed by atoms with Gasteiger partial charge in [0, 0.05) is 17.8 Å². The molecule has 12 heavy (non-hydrogen) atoms. The number of rotatable bonds is 3. The molecule has 1 aromatic rings. The molecule has 1 rings (SSSR count). The molecule has 0 saturated heterocycles. The van der Waals surface area contributed by atoms with Crippen molar-refractivity contribution in [2.75, 3.05) is 6.61 Å². The van der Waals surface area contributed by atoms with Gasteiger partial charge in [-0.1, -0.05) is 0 Å². The van der Waals surface area contributed by atoms with E-state index in [9.17, 15) is 4.79 Å². The first-order valence-corrected chi connectivity index (χ1v) is 3.84. The summed E-state index contributed by atoms with van der Waals surface area (Å²) in [5.41, 5.74) is 0.610.